The number of anilines is 1. The molecule has 3 heterocycles. The van der Waals surface area contributed by atoms with E-state index in [0.717, 1.165) is 11.8 Å². The Morgan fingerprint density at radius 2 is 1.69 bits per heavy atom. The molecule has 9 nitrogen and oxygen atoms in total. The van der Waals surface area contributed by atoms with Crippen LogP contribution in [0.25, 0.3) is 22.9 Å². The molecular formula is C24H26F3N7O2. The minimum absolute atomic E-state index is 0.0652. The number of aromatic nitrogens is 6. The second-order valence-electron chi connectivity index (χ2n) is 8.32. The molecule has 1 aromatic carbocycles. The normalized spacial score (nSPS) is 11.7. The molecule has 12 heteroatoms. The van der Waals surface area contributed by atoms with E-state index in [9.17, 15) is 13.2 Å². The summed E-state index contributed by atoms with van der Waals surface area (Å²) in [6.45, 7) is 4.39. The number of ether oxygens (including phenoxy) is 2. The molecular weight excluding hydrogens is 475 g/mol. The summed E-state index contributed by atoms with van der Waals surface area (Å²) in [6, 6.07) is 7.16. The van der Waals surface area contributed by atoms with Gasteiger partial charge in [0, 0.05) is 31.4 Å². The molecule has 0 fully saturated rings. The van der Waals surface area contributed by atoms with Gasteiger partial charge in [-0.15, -0.1) is 0 Å². The molecule has 0 saturated heterocycles. The van der Waals surface area contributed by atoms with Crippen LogP contribution in [-0.2, 0) is 19.8 Å². The summed E-state index contributed by atoms with van der Waals surface area (Å²) in [6.07, 6.45) is -0.322. The molecule has 190 valence electrons. The van der Waals surface area contributed by atoms with Crippen LogP contribution in [0.2, 0.25) is 0 Å². The fourth-order valence-electron chi connectivity index (χ4n) is 3.69. The van der Waals surface area contributed by atoms with Crippen molar-refractivity contribution in [2.45, 2.75) is 32.6 Å². The van der Waals surface area contributed by atoms with E-state index in [1.807, 2.05) is 26.0 Å². The van der Waals surface area contributed by atoms with Crippen molar-refractivity contribution in [2.24, 2.45) is 7.05 Å². The molecule has 4 rings (SSSR count). The quantitative estimate of drug-likeness (QED) is 0.365. The molecule has 0 spiro atoms. The van der Waals surface area contributed by atoms with Crippen LogP contribution in [-0.4, -0.2) is 43.5 Å². The SMILES string of the molecule is COc1cnc(-c2c(OC)cnn2C(C)C)nc1NCc1ccc(-c2nc(C(F)(F)F)cn2C)cc1. The molecule has 1 N–H and O–H groups in total. The highest BCUT2D eigenvalue weighted by Crippen LogP contribution is 2.33. The number of hydrogen-bond acceptors (Lipinski definition) is 7. The van der Waals surface area contributed by atoms with Crippen molar-refractivity contribution in [1.29, 1.82) is 0 Å². The zero-order chi connectivity index (χ0) is 26.0. The van der Waals surface area contributed by atoms with Gasteiger partial charge in [-0.3, -0.25) is 4.68 Å². The van der Waals surface area contributed by atoms with Crippen LogP contribution in [0.4, 0.5) is 19.0 Å². The number of alkyl halides is 3. The van der Waals surface area contributed by atoms with E-state index in [0.29, 0.717) is 40.9 Å². The van der Waals surface area contributed by atoms with Gasteiger partial charge in [-0.05, 0) is 19.4 Å². The van der Waals surface area contributed by atoms with Gasteiger partial charge in [-0.2, -0.15) is 18.3 Å². The van der Waals surface area contributed by atoms with Crippen molar-refractivity contribution < 1.29 is 22.6 Å². The monoisotopic (exact) mass is 501 g/mol. The fourth-order valence-corrected chi connectivity index (χ4v) is 3.69. The first-order valence-corrected chi connectivity index (χ1v) is 11.1. The summed E-state index contributed by atoms with van der Waals surface area (Å²) in [5.74, 6) is 2.15. The lowest BCUT2D eigenvalue weighted by Gasteiger charge is -2.14. The molecule has 0 bridgehead atoms. The average Bonchev–Trinajstić information content (AvgIpc) is 3.46. The lowest BCUT2D eigenvalue weighted by molar-refractivity contribution is -0.140. The van der Waals surface area contributed by atoms with Crippen molar-refractivity contribution in [3.8, 4) is 34.4 Å². The molecule has 0 amide bonds. The van der Waals surface area contributed by atoms with E-state index in [1.54, 1.807) is 36.3 Å². The Morgan fingerprint density at radius 3 is 2.28 bits per heavy atom. The van der Waals surface area contributed by atoms with Gasteiger partial charge in [0.25, 0.3) is 0 Å². The van der Waals surface area contributed by atoms with E-state index in [4.69, 9.17) is 9.47 Å². The zero-order valence-corrected chi connectivity index (χ0v) is 20.5. The summed E-state index contributed by atoms with van der Waals surface area (Å²) < 4.78 is 53.0. The molecule has 0 unspecified atom stereocenters. The van der Waals surface area contributed by atoms with Crippen LogP contribution in [0.3, 0.4) is 0 Å². The molecule has 0 aliphatic heterocycles. The second kappa shape index (κ2) is 9.88. The van der Waals surface area contributed by atoms with Crippen LogP contribution in [0, 0.1) is 0 Å². The number of hydrogen-bond donors (Lipinski definition) is 1. The highest BCUT2D eigenvalue weighted by Gasteiger charge is 2.34. The molecule has 0 saturated carbocycles. The predicted octanol–water partition coefficient (Wildman–Crippen LogP) is 4.97. The van der Waals surface area contributed by atoms with Crippen LogP contribution >= 0.6 is 0 Å². The highest BCUT2D eigenvalue weighted by molar-refractivity contribution is 5.63. The number of aryl methyl sites for hydroxylation is 1. The molecule has 36 heavy (non-hydrogen) atoms. The number of methoxy groups -OCH3 is 2. The molecule has 4 aromatic rings. The van der Waals surface area contributed by atoms with Crippen molar-refractivity contribution in [1.82, 2.24) is 29.3 Å². The average molecular weight is 502 g/mol. The van der Waals surface area contributed by atoms with Gasteiger partial charge in [0.2, 0.25) is 0 Å². The predicted molar refractivity (Wildman–Crippen MR) is 128 cm³/mol. The lowest BCUT2D eigenvalue weighted by atomic mass is 10.1. The lowest BCUT2D eigenvalue weighted by Crippen LogP contribution is -2.09. The third-order valence-corrected chi connectivity index (χ3v) is 5.50. The molecule has 0 atom stereocenters. The molecule has 0 aliphatic rings. The minimum atomic E-state index is -4.49. The van der Waals surface area contributed by atoms with Crippen molar-refractivity contribution in [3.05, 3.63) is 54.1 Å². The zero-order valence-electron chi connectivity index (χ0n) is 20.5. The van der Waals surface area contributed by atoms with Gasteiger partial charge in [0.1, 0.15) is 11.5 Å². The molecule has 0 radical (unpaired) electrons. The van der Waals surface area contributed by atoms with Gasteiger partial charge >= 0.3 is 6.18 Å². The first-order chi connectivity index (χ1) is 17.1. The summed E-state index contributed by atoms with van der Waals surface area (Å²) in [7, 11) is 4.62. The Bertz CT molecular complexity index is 1340. The number of nitrogens with one attached hydrogen (secondary N) is 1. The van der Waals surface area contributed by atoms with E-state index in [1.165, 1.54) is 18.7 Å². The maximum Gasteiger partial charge on any atom is 0.434 e. The maximum absolute atomic E-state index is 13.0. The minimum Gasteiger partial charge on any atom is -0.493 e. The van der Waals surface area contributed by atoms with Gasteiger partial charge in [-0.25, -0.2) is 15.0 Å². The standard InChI is InChI=1S/C24H26F3N7O2/c1-14(2)34-20(17(35-4)12-30-34)22-29-11-18(36-5)21(32-22)28-10-15-6-8-16(9-7-15)23-31-19(13-33(23)3)24(25,26)27/h6-9,11-14H,10H2,1-5H3,(H,28,29,32). The van der Waals surface area contributed by atoms with E-state index in [-0.39, 0.29) is 11.9 Å². The van der Waals surface area contributed by atoms with Gasteiger partial charge < -0.3 is 19.4 Å². The third kappa shape index (κ3) is 4.97. The summed E-state index contributed by atoms with van der Waals surface area (Å²) in [4.78, 5) is 12.8. The summed E-state index contributed by atoms with van der Waals surface area (Å²) in [5.41, 5.74) is 1.19. The third-order valence-electron chi connectivity index (χ3n) is 5.50. The Morgan fingerprint density at radius 1 is 1.00 bits per heavy atom. The highest BCUT2D eigenvalue weighted by atomic mass is 19.4. The first-order valence-electron chi connectivity index (χ1n) is 11.1. The largest absolute Gasteiger partial charge is 0.493 e. The van der Waals surface area contributed by atoms with E-state index < -0.39 is 11.9 Å². The van der Waals surface area contributed by atoms with Crippen LogP contribution in [0.5, 0.6) is 11.5 Å². The second-order valence-corrected chi connectivity index (χ2v) is 8.32. The smallest absolute Gasteiger partial charge is 0.434 e. The van der Waals surface area contributed by atoms with Gasteiger partial charge in [-0.1, -0.05) is 24.3 Å². The Kier molecular flexibility index (Phi) is 6.86. The van der Waals surface area contributed by atoms with Crippen LogP contribution < -0.4 is 14.8 Å². The molecule has 3 aromatic heterocycles. The Hall–Kier alpha value is -4.09. The maximum atomic E-state index is 13.0. The number of imidazole rings is 1. The fraction of sp³-hybridized carbons (Fsp3) is 0.333. The number of benzene rings is 1. The van der Waals surface area contributed by atoms with Crippen LogP contribution in [0.15, 0.2) is 42.9 Å². The number of nitrogens with zero attached hydrogens (tertiary/aromatic N) is 6. The van der Waals surface area contributed by atoms with Crippen molar-refractivity contribution >= 4 is 5.82 Å². The van der Waals surface area contributed by atoms with Crippen molar-refractivity contribution in [2.75, 3.05) is 19.5 Å². The van der Waals surface area contributed by atoms with Crippen LogP contribution in [0.1, 0.15) is 31.1 Å². The van der Waals surface area contributed by atoms with Crippen molar-refractivity contribution in [3.63, 3.8) is 0 Å². The summed E-state index contributed by atoms with van der Waals surface area (Å²) in [5, 5.41) is 7.62. The van der Waals surface area contributed by atoms with E-state index >= 15 is 0 Å². The number of halogens is 3. The Labute approximate surface area is 205 Å². The number of rotatable bonds is 8. The van der Waals surface area contributed by atoms with E-state index in [2.05, 4.69) is 25.4 Å². The molecule has 0 aliphatic carbocycles. The van der Waals surface area contributed by atoms with Gasteiger partial charge in [0.15, 0.2) is 28.8 Å². The topological polar surface area (TPSA) is 91.9 Å². The Balaban J connectivity index is 1.56. The first kappa shape index (κ1) is 25.0. The summed E-state index contributed by atoms with van der Waals surface area (Å²) >= 11 is 0. The van der Waals surface area contributed by atoms with Gasteiger partial charge in [0.05, 0.1) is 26.6 Å².